The van der Waals surface area contributed by atoms with Crippen molar-refractivity contribution >= 4 is 11.4 Å². The predicted molar refractivity (Wildman–Crippen MR) is 65.0 cm³/mol. The van der Waals surface area contributed by atoms with Gasteiger partial charge in [-0.05, 0) is 24.6 Å². The van der Waals surface area contributed by atoms with E-state index in [9.17, 15) is 5.11 Å². The summed E-state index contributed by atoms with van der Waals surface area (Å²) in [7, 11) is 0. The van der Waals surface area contributed by atoms with Crippen LogP contribution in [-0.2, 0) is 0 Å². The maximum Gasteiger partial charge on any atom is 0.101 e. The van der Waals surface area contributed by atoms with E-state index in [4.69, 9.17) is 11.0 Å². The van der Waals surface area contributed by atoms with Gasteiger partial charge in [0, 0.05) is 12.2 Å². The van der Waals surface area contributed by atoms with Crippen LogP contribution < -0.4 is 11.1 Å². The number of hydrogen-bond donors (Lipinski definition) is 3. The predicted octanol–water partition coefficient (Wildman–Crippen LogP) is 1.71. The van der Waals surface area contributed by atoms with E-state index in [0.717, 1.165) is 12.8 Å². The van der Waals surface area contributed by atoms with Gasteiger partial charge in [-0.3, -0.25) is 0 Å². The monoisotopic (exact) mass is 219 g/mol. The van der Waals surface area contributed by atoms with E-state index in [-0.39, 0.29) is 6.10 Å². The molecule has 0 aliphatic heterocycles. The fourth-order valence-electron chi connectivity index (χ4n) is 1.47. The van der Waals surface area contributed by atoms with Crippen molar-refractivity contribution in [2.75, 3.05) is 17.6 Å². The SMILES string of the molecule is CCCC(O)CNc1ccc(N)cc1C#N. The number of nitriles is 1. The molecule has 4 nitrogen and oxygen atoms in total. The summed E-state index contributed by atoms with van der Waals surface area (Å²) in [6.45, 7) is 2.47. The first-order chi connectivity index (χ1) is 7.67. The van der Waals surface area contributed by atoms with Crippen LogP contribution in [0.1, 0.15) is 25.3 Å². The Morgan fingerprint density at radius 2 is 2.31 bits per heavy atom. The molecule has 0 aliphatic rings. The Hall–Kier alpha value is -1.73. The summed E-state index contributed by atoms with van der Waals surface area (Å²) in [5, 5.41) is 21.5. The summed E-state index contributed by atoms with van der Waals surface area (Å²) in [5.74, 6) is 0. The number of aliphatic hydroxyl groups is 1. The molecule has 0 spiro atoms. The summed E-state index contributed by atoms with van der Waals surface area (Å²) < 4.78 is 0. The zero-order chi connectivity index (χ0) is 12.0. The lowest BCUT2D eigenvalue weighted by molar-refractivity contribution is 0.176. The largest absolute Gasteiger partial charge is 0.399 e. The highest BCUT2D eigenvalue weighted by Crippen LogP contribution is 2.17. The zero-order valence-corrected chi connectivity index (χ0v) is 9.40. The van der Waals surface area contributed by atoms with E-state index in [1.165, 1.54) is 0 Å². The minimum Gasteiger partial charge on any atom is -0.399 e. The molecule has 4 N–H and O–H groups in total. The van der Waals surface area contributed by atoms with E-state index < -0.39 is 0 Å². The van der Waals surface area contributed by atoms with Gasteiger partial charge in [-0.1, -0.05) is 13.3 Å². The lowest BCUT2D eigenvalue weighted by Gasteiger charge is -2.13. The van der Waals surface area contributed by atoms with Gasteiger partial charge < -0.3 is 16.2 Å². The second-order valence-corrected chi connectivity index (χ2v) is 3.74. The Bertz CT molecular complexity index is 384. The second-order valence-electron chi connectivity index (χ2n) is 3.74. The standard InChI is InChI=1S/C12H17N3O/c1-2-3-11(16)8-15-12-5-4-10(14)6-9(12)7-13/h4-6,11,15-16H,2-3,8,14H2,1H3. The van der Waals surface area contributed by atoms with Crippen LogP contribution in [0.2, 0.25) is 0 Å². The number of nitrogen functional groups attached to an aromatic ring is 1. The number of rotatable bonds is 5. The average Bonchev–Trinajstić information content (AvgIpc) is 2.27. The van der Waals surface area contributed by atoms with Crippen LogP contribution >= 0.6 is 0 Å². The molecule has 0 fully saturated rings. The molecule has 1 atom stereocenters. The Kier molecular flexibility index (Phi) is 4.62. The quantitative estimate of drug-likeness (QED) is 0.658. The van der Waals surface area contributed by atoms with Gasteiger partial charge in [-0.25, -0.2) is 0 Å². The zero-order valence-electron chi connectivity index (χ0n) is 9.40. The molecule has 0 bridgehead atoms. The molecule has 0 radical (unpaired) electrons. The first-order valence-electron chi connectivity index (χ1n) is 5.39. The summed E-state index contributed by atoms with van der Waals surface area (Å²) in [5.41, 5.74) is 7.36. The van der Waals surface area contributed by atoms with E-state index in [1.807, 2.05) is 6.92 Å². The van der Waals surface area contributed by atoms with E-state index in [1.54, 1.807) is 18.2 Å². The number of benzene rings is 1. The molecule has 1 aromatic rings. The molecule has 0 aromatic heterocycles. The Labute approximate surface area is 95.7 Å². The highest BCUT2D eigenvalue weighted by atomic mass is 16.3. The number of nitrogens with zero attached hydrogens (tertiary/aromatic N) is 1. The van der Waals surface area contributed by atoms with Crippen LogP contribution in [0.25, 0.3) is 0 Å². The second kappa shape index (κ2) is 5.99. The van der Waals surface area contributed by atoms with E-state index in [2.05, 4.69) is 11.4 Å². The van der Waals surface area contributed by atoms with Crippen LogP contribution in [-0.4, -0.2) is 17.8 Å². The van der Waals surface area contributed by atoms with Crippen LogP contribution in [0.5, 0.6) is 0 Å². The summed E-state index contributed by atoms with van der Waals surface area (Å²) >= 11 is 0. The number of hydrogen-bond acceptors (Lipinski definition) is 4. The van der Waals surface area contributed by atoms with Crippen molar-refractivity contribution in [1.29, 1.82) is 5.26 Å². The lowest BCUT2D eigenvalue weighted by atomic mass is 10.1. The third-order valence-corrected chi connectivity index (χ3v) is 2.31. The average molecular weight is 219 g/mol. The van der Waals surface area contributed by atoms with Crippen molar-refractivity contribution in [2.45, 2.75) is 25.9 Å². The topological polar surface area (TPSA) is 82.1 Å². The molecule has 1 rings (SSSR count). The van der Waals surface area contributed by atoms with Gasteiger partial charge in [0.25, 0.3) is 0 Å². The summed E-state index contributed by atoms with van der Waals surface area (Å²) in [6, 6.07) is 7.18. The first-order valence-corrected chi connectivity index (χ1v) is 5.39. The molecule has 0 aliphatic carbocycles. The van der Waals surface area contributed by atoms with Gasteiger partial charge in [0.05, 0.1) is 17.4 Å². The van der Waals surface area contributed by atoms with Crippen molar-refractivity contribution in [3.63, 3.8) is 0 Å². The van der Waals surface area contributed by atoms with Gasteiger partial charge >= 0.3 is 0 Å². The smallest absolute Gasteiger partial charge is 0.101 e. The summed E-state index contributed by atoms with van der Waals surface area (Å²) in [4.78, 5) is 0. The molecule has 4 heteroatoms. The molecule has 0 heterocycles. The van der Waals surface area contributed by atoms with Crippen LogP contribution in [0, 0.1) is 11.3 Å². The van der Waals surface area contributed by atoms with Gasteiger partial charge in [-0.2, -0.15) is 5.26 Å². The number of aliphatic hydroxyl groups excluding tert-OH is 1. The molecule has 16 heavy (non-hydrogen) atoms. The highest BCUT2D eigenvalue weighted by molar-refractivity contribution is 5.62. The summed E-state index contributed by atoms with van der Waals surface area (Å²) in [6.07, 6.45) is 1.31. The maximum absolute atomic E-state index is 9.56. The Balaban J connectivity index is 2.64. The molecular weight excluding hydrogens is 202 g/mol. The molecule has 1 aromatic carbocycles. The van der Waals surface area contributed by atoms with Crippen molar-refractivity contribution in [1.82, 2.24) is 0 Å². The molecule has 0 saturated heterocycles. The molecular formula is C12H17N3O. The van der Waals surface area contributed by atoms with Crippen LogP contribution in [0.15, 0.2) is 18.2 Å². The number of nitrogens with one attached hydrogen (secondary N) is 1. The Morgan fingerprint density at radius 1 is 1.56 bits per heavy atom. The number of anilines is 2. The molecule has 0 saturated carbocycles. The fraction of sp³-hybridized carbons (Fsp3) is 0.417. The van der Waals surface area contributed by atoms with E-state index in [0.29, 0.717) is 23.5 Å². The minimum atomic E-state index is -0.380. The van der Waals surface area contributed by atoms with Gasteiger partial charge in [-0.15, -0.1) is 0 Å². The maximum atomic E-state index is 9.56. The van der Waals surface area contributed by atoms with Gasteiger partial charge in [0.15, 0.2) is 0 Å². The van der Waals surface area contributed by atoms with Crippen LogP contribution in [0.3, 0.4) is 0 Å². The lowest BCUT2D eigenvalue weighted by Crippen LogP contribution is -2.19. The number of nitrogens with two attached hydrogens (primary N) is 1. The highest BCUT2D eigenvalue weighted by Gasteiger charge is 2.05. The molecule has 86 valence electrons. The van der Waals surface area contributed by atoms with Crippen LogP contribution in [0.4, 0.5) is 11.4 Å². The Morgan fingerprint density at radius 3 is 2.94 bits per heavy atom. The van der Waals surface area contributed by atoms with Crippen molar-refractivity contribution in [3.05, 3.63) is 23.8 Å². The fourth-order valence-corrected chi connectivity index (χ4v) is 1.47. The normalized spacial score (nSPS) is 11.8. The van der Waals surface area contributed by atoms with Crippen molar-refractivity contribution < 1.29 is 5.11 Å². The van der Waals surface area contributed by atoms with E-state index >= 15 is 0 Å². The third kappa shape index (κ3) is 3.44. The first kappa shape index (κ1) is 12.3. The molecule has 0 amide bonds. The van der Waals surface area contributed by atoms with Crippen molar-refractivity contribution in [3.8, 4) is 6.07 Å². The van der Waals surface area contributed by atoms with Gasteiger partial charge in [0.2, 0.25) is 0 Å². The third-order valence-electron chi connectivity index (χ3n) is 2.31. The molecule has 1 unspecified atom stereocenters. The van der Waals surface area contributed by atoms with Gasteiger partial charge in [0.1, 0.15) is 6.07 Å². The minimum absolute atomic E-state index is 0.380. The van der Waals surface area contributed by atoms with Crippen molar-refractivity contribution in [2.24, 2.45) is 0 Å².